The van der Waals surface area contributed by atoms with Gasteiger partial charge in [0, 0.05) is 5.75 Å². The molecule has 0 saturated heterocycles. The number of ether oxygens (including phenoxy) is 1. The summed E-state index contributed by atoms with van der Waals surface area (Å²) in [6, 6.07) is 2.04. The number of nitriles is 1. The highest BCUT2D eigenvalue weighted by Crippen LogP contribution is 2.09. The van der Waals surface area contributed by atoms with Gasteiger partial charge in [0.15, 0.2) is 0 Å². The Bertz CT molecular complexity index is 130. The van der Waals surface area contributed by atoms with E-state index in [-0.39, 0.29) is 0 Å². The second kappa shape index (κ2) is 4.89. The minimum absolute atomic E-state index is 0.578. The van der Waals surface area contributed by atoms with Crippen LogP contribution in [-0.2, 0) is 4.74 Å². The molecule has 0 unspecified atom stereocenters. The van der Waals surface area contributed by atoms with Crippen LogP contribution in [0.3, 0.4) is 0 Å². The van der Waals surface area contributed by atoms with Gasteiger partial charge in [-0.25, -0.2) is 0 Å². The maximum atomic E-state index is 8.49. The molecule has 0 radical (unpaired) electrons. The molecule has 10 heavy (non-hydrogen) atoms. The number of nitrogens with zero attached hydrogens (tertiary/aromatic N) is 1. The van der Waals surface area contributed by atoms with Crippen molar-refractivity contribution >= 4 is 22.5 Å². The Morgan fingerprint density at radius 2 is 2.30 bits per heavy atom. The van der Waals surface area contributed by atoms with Crippen molar-refractivity contribution in [2.45, 2.75) is 19.4 Å². The van der Waals surface area contributed by atoms with Crippen LogP contribution in [0.2, 0.25) is 0 Å². The Balaban J connectivity index is 3.40. The van der Waals surface area contributed by atoms with E-state index in [1.165, 1.54) is 10.8 Å². The molecule has 0 bridgehead atoms. The van der Waals surface area contributed by atoms with Gasteiger partial charge < -0.3 is 4.74 Å². The minimum Gasteiger partial charge on any atom is -0.360 e. The van der Waals surface area contributed by atoms with Crippen LogP contribution in [0.1, 0.15) is 13.8 Å². The van der Waals surface area contributed by atoms with E-state index in [2.05, 4.69) is 11.7 Å². The fourth-order valence-electron chi connectivity index (χ4n) is 0.366. The molecule has 0 saturated carbocycles. The first-order valence-electron chi connectivity index (χ1n) is 2.94. The molecule has 0 heterocycles. The quantitative estimate of drug-likeness (QED) is 0.404. The summed E-state index contributed by atoms with van der Waals surface area (Å²) < 4.78 is 5.19. The zero-order valence-corrected chi connectivity index (χ0v) is 7.84. The minimum atomic E-state index is -0.649. The Morgan fingerprint density at radius 1 is 1.70 bits per heavy atom. The number of hydrogen-bond donors (Lipinski definition) is 1. The predicted octanol–water partition coefficient (Wildman–Crippen LogP) is 1.88. The summed E-state index contributed by atoms with van der Waals surface area (Å²) in [5, 5.41) is 8.49. The number of thiol groups is 1. The van der Waals surface area contributed by atoms with Crippen LogP contribution in [0.25, 0.3) is 0 Å². The van der Waals surface area contributed by atoms with E-state index in [0.717, 1.165) is 5.75 Å². The third-order valence-electron chi connectivity index (χ3n) is 0.907. The van der Waals surface area contributed by atoms with E-state index in [9.17, 15) is 0 Å². The zero-order valence-electron chi connectivity index (χ0n) is 6.13. The zero-order chi connectivity index (χ0) is 8.04. The first-order chi connectivity index (χ1) is 4.62. The van der Waals surface area contributed by atoms with Crippen molar-refractivity contribution in [3.05, 3.63) is 0 Å². The van der Waals surface area contributed by atoms with E-state index >= 15 is 0 Å². The highest BCUT2D eigenvalue weighted by atomic mass is 33.1. The molecule has 4 heteroatoms. The van der Waals surface area contributed by atoms with Crippen LogP contribution in [0.15, 0.2) is 0 Å². The van der Waals surface area contributed by atoms with Gasteiger partial charge >= 0.3 is 0 Å². The van der Waals surface area contributed by atoms with Gasteiger partial charge in [-0.2, -0.15) is 5.26 Å². The first-order valence-corrected chi connectivity index (χ1v) is 4.98. The topological polar surface area (TPSA) is 33.0 Å². The summed E-state index contributed by atoms with van der Waals surface area (Å²) in [7, 11) is 1.41. The van der Waals surface area contributed by atoms with Gasteiger partial charge in [0.2, 0.25) is 0 Å². The molecular weight excluding hydrogens is 166 g/mol. The fourth-order valence-corrected chi connectivity index (χ4v) is 0.748. The predicted molar refractivity (Wildman–Crippen MR) is 47.1 cm³/mol. The van der Waals surface area contributed by atoms with Crippen molar-refractivity contribution in [2.24, 2.45) is 0 Å². The Morgan fingerprint density at radius 3 is 2.70 bits per heavy atom. The van der Waals surface area contributed by atoms with E-state index in [0.29, 0.717) is 6.61 Å². The van der Waals surface area contributed by atoms with Gasteiger partial charge in [0.1, 0.15) is 5.60 Å². The van der Waals surface area contributed by atoms with Gasteiger partial charge in [0.05, 0.1) is 12.7 Å². The SMILES string of the molecule is CC(C)(C#N)OCCSS. The molecule has 58 valence electrons. The fraction of sp³-hybridized carbons (Fsp3) is 0.833. The average molecular weight is 177 g/mol. The van der Waals surface area contributed by atoms with E-state index < -0.39 is 5.60 Å². The second-order valence-electron chi connectivity index (χ2n) is 2.30. The first kappa shape index (κ1) is 10.2. The summed E-state index contributed by atoms with van der Waals surface area (Å²) in [5.74, 6) is 0.814. The maximum Gasteiger partial charge on any atom is 0.148 e. The van der Waals surface area contributed by atoms with Crippen molar-refractivity contribution in [1.82, 2.24) is 0 Å². The molecule has 0 fully saturated rings. The van der Waals surface area contributed by atoms with Gasteiger partial charge in [-0.15, -0.1) is 11.7 Å². The van der Waals surface area contributed by atoms with Crippen LogP contribution in [0.5, 0.6) is 0 Å². The van der Waals surface area contributed by atoms with Crippen molar-refractivity contribution in [2.75, 3.05) is 12.4 Å². The van der Waals surface area contributed by atoms with Crippen LogP contribution >= 0.6 is 22.5 Å². The summed E-state index contributed by atoms with van der Waals surface area (Å²) in [6.45, 7) is 4.07. The van der Waals surface area contributed by atoms with Crippen molar-refractivity contribution in [1.29, 1.82) is 5.26 Å². The smallest absolute Gasteiger partial charge is 0.148 e. The molecule has 2 nitrogen and oxygen atoms in total. The lowest BCUT2D eigenvalue weighted by Gasteiger charge is -2.15. The summed E-state index contributed by atoms with van der Waals surface area (Å²) in [5.41, 5.74) is -0.649. The Labute approximate surface area is 70.7 Å². The maximum absolute atomic E-state index is 8.49. The third kappa shape index (κ3) is 4.98. The number of hydrogen-bond acceptors (Lipinski definition) is 4. The normalized spacial score (nSPS) is 11.0. The summed E-state index contributed by atoms with van der Waals surface area (Å²) in [6.07, 6.45) is 0. The monoisotopic (exact) mass is 177 g/mol. The van der Waals surface area contributed by atoms with Gasteiger partial charge in [-0.1, -0.05) is 10.8 Å². The summed E-state index contributed by atoms with van der Waals surface area (Å²) in [4.78, 5) is 0. The van der Waals surface area contributed by atoms with Crippen molar-refractivity contribution < 1.29 is 4.74 Å². The van der Waals surface area contributed by atoms with E-state index in [4.69, 9.17) is 10.00 Å². The molecule has 0 N–H and O–H groups in total. The molecule has 0 aliphatic rings. The van der Waals surface area contributed by atoms with Crippen molar-refractivity contribution in [3.63, 3.8) is 0 Å². The van der Waals surface area contributed by atoms with E-state index in [1.807, 2.05) is 6.07 Å². The molecule has 0 aromatic rings. The highest BCUT2D eigenvalue weighted by molar-refractivity contribution is 8.68. The number of rotatable bonds is 4. The lowest BCUT2D eigenvalue weighted by molar-refractivity contribution is 0.0364. The Kier molecular flexibility index (Phi) is 4.96. The van der Waals surface area contributed by atoms with Gasteiger partial charge in [0.25, 0.3) is 0 Å². The lowest BCUT2D eigenvalue weighted by Crippen LogP contribution is -2.22. The molecule has 0 aromatic carbocycles. The molecule has 0 rings (SSSR count). The third-order valence-corrected chi connectivity index (χ3v) is 1.80. The van der Waals surface area contributed by atoms with Gasteiger partial charge in [-0.3, -0.25) is 0 Å². The van der Waals surface area contributed by atoms with E-state index in [1.54, 1.807) is 13.8 Å². The van der Waals surface area contributed by atoms with Crippen molar-refractivity contribution in [3.8, 4) is 6.07 Å². The molecule has 0 amide bonds. The lowest BCUT2D eigenvalue weighted by atomic mass is 10.2. The molecule has 0 aliphatic carbocycles. The molecular formula is C6H11NOS2. The molecule has 0 atom stereocenters. The van der Waals surface area contributed by atoms with Gasteiger partial charge in [-0.05, 0) is 13.8 Å². The van der Waals surface area contributed by atoms with Crippen LogP contribution in [0.4, 0.5) is 0 Å². The van der Waals surface area contributed by atoms with Crippen LogP contribution < -0.4 is 0 Å². The van der Waals surface area contributed by atoms with Crippen LogP contribution in [-0.4, -0.2) is 18.0 Å². The highest BCUT2D eigenvalue weighted by Gasteiger charge is 2.15. The molecule has 0 spiro atoms. The Hall–Kier alpha value is 0.150. The largest absolute Gasteiger partial charge is 0.360 e. The van der Waals surface area contributed by atoms with Crippen LogP contribution in [0, 0.1) is 11.3 Å². The molecule has 0 aliphatic heterocycles. The second-order valence-corrected chi connectivity index (χ2v) is 3.74. The standard InChI is InChI=1S/C6H11NOS2/c1-6(2,5-7)8-3-4-10-9/h9H,3-4H2,1-2H3. The molecule has 0 aromatic heterocycles. The summed E-state index contributed by atoms with van der Waals surface area (Å²) >= 11 is 3.93. The average Bonchev–Trinajstić information content (AvgIpc) is 1.89.